The fraction of sp³-hybridized carbons (Fsp3) is 0.348. The average Bonchev–Trinajstić information content (AvgIpc) is 2.73. The molecule has 3 rings (SSSR count). The van der Waals surface area contributed by atoms with Gasteiger partial charge in [-0.25, -0.2) is 0 Å². The Morgan fingerprint density at radius 2 is 1.72 bits per heavy atom. The van der Waals surface area contributed by atoms with Gasteiger partial charge in [0.05, 0.1) is 11.4 Å². The van der Waals surface area contributed by atoms with Gasteiger partial charge in [-0.3, -0.25) is 14.9 Å². The molecule has 1 aliphatic heterocycles. The Morgan fingerprint density at radius 1 is 1.03 bits per heavy atom. The second-order valence-corrected chi connectivity index (χ2v) is 9.33. The molecular weight excluding hydrogens is 467 g/mol. The number of nitrogens with one attached hydrogen (secondary N) is 2. The highest BCUT2D eigenvalue weighted by molar-refractivity contribution is 7.80. The minimum absolute atomic E-state index is 0.157. The van der Waals surface area contributed by atoms with Gasteiger partial charge in [-0.2, -0.15) is 0 Å². The van der Waals surface area contributed by atoms with E-state index >= 15 is 0 Å². The molecule has 1 fully saturated rings. The number of hydrogen-bond acceptors (Lipinski definition) is 4. The number of piperazine rings is 1. The van der Waals surface area contributed by atoms with Crippen molar-refractivity contribution in [2.24, 2.45) is 5.92 Å². The molecule has 6 nitrogen and oxygen atoms in total. The summed E-state index contributed by atoms with van der Waals surface area (Å²) in [6.45, 7) is 6.80. The zero-order valence-electron chi connectivity index (χ0n) is 18.0. The van der Waals surface area contributed by atoms with Crippen molar-refractivity contribution in [3.63, 3.8) is 0 Å². The van der Waals surface area contributed by atoms with Crippen LogP contribution in [0.15, 0.2) is 42.5 Å². The van der Waals surface area contributed by atoms with Crippen molar-refractivity contribution in [3.8, 4) is 0 Å². The highest BCUT2D eigenvalue weighted by atomic mass is 35.5. The van der Waals surface area contributed by atoms with E-state index in [0.717, 1.165) is 5.69 Å². The van der Waals surface area contributed by atoms with Crippen LogP contribution >= 0.6 is 35.4 Å². The van der Waals surface area contributed by atoms with Crippen LogP contribution in [0, 0.1) is 5.92 Å². The molecule has 2 aromatic rings. The minimum Gasteiger partial charge on any atom is -0.366 e. The predicted octanol–water partition coefficient (Wildman–Crippen LogP) is 4.81. The highest BCUT2D eigenvalue weighted by Crippen LogP contribution is 2.30. The standard InChI is InChI=1S/C23H26Cl2N4O2S/c1-15(2)12-21(30)29-10-8-28(9-11-29)20-7-6-18(25)14-19(20)26-23(32)27-22(31)16-4-3-5-17(24)13-16/h3-7,13-15H,8-12H2,1-2H3,(H2,26,27,31,32). The number of halogens is 2. The van der Waals surface area contributed by atoms with Gasteiger partial charge in [-0.1, -0.05) is 43.1 Å². The third-order valence-corrected chi connectivity index (χ3v) is 5.75. The van der Waals surface area contributed by atoms with Gasteiger partial charge in [0.1, 0.15) is 0 Å². The van der Waals surface area contributed by atoms with Crippen LogP contribution in [-0.4, -0.2) is 48.0 Å². The van der Waals surface area contributed by atoms with Crippen molar-refractivity contribution in [2.45, 2.75) is 20.3 Å². The van der Waals surface area contributed by atoms with E-state index in [1.54, 1.807) is 30.3 Å². The van der Waals surface area contributed by atoms with Crippen molar-refractivity contribution in [3.05, 3.63) is 58.1 Å². The number of thiocarbonyl (C=S) groups is 1. The van der Waals surface area contributed by atoms with Gasteiger partial charge in [-0.05, 0) is 54.5 Å². The van der Waals surface area contributed by atoms with Crippen LogP contribution in [0.2, 0.25) is 10.0 Å². The Bertz CT molecular complexity index is 1010. The van der Waals surface area contributed by atoms with E-state index < -0.39 is 0 Å². The monoisotopic (exact) mass is 492 g/mol. The Morgan fingerprint density at radius 3 is 2.38 bits per heavy atom. The van der Waals surface area contributed by atoms with Crippen molar-refractivity contribution >= 4 is 63.7 Å². The molecule has 1 aliphatic rings. The molecular formula is C23H26Cl2N4O2S. The molecule has 1 heterocycles. The summed E-state index contributed by atoms with van der Waals surface area (Å²) in [5, 5.41) is 6.93. The van der Waals surface area contributed by atoms with Crippen LogP contribution in [0.5, 0.6) is 0 Å². The SMILES string of the molecule is CC(C)CC(=O)N1CCN(c2ccc(Cl)cc2NC(=S)NC(=O)c2cccc(Cl)c2)CC1. The fourth-order valence-electron chi connectivity index (χ4n) is 3.52. The first-order valence-corrected chi connectivity index (χ1v) is 11.6. The molecule has 170 valence electrons. The normalized spacial score (nSPS) is 13.8. The summed E-state index contributed by atoms with van der Waals surface area (Å²) in [6.07, 6.45) is 0.564. The first kappa shape index (κ1) is 24.3. The van der Waals surface area contributed by atoms with E-state index in [2.05, 4.69) is 15.5 Å². The second-order valence-electron chi connectivity index (χ2n) is 8.05. The molecule has 0 saturated carbocycles. The van der Waals surface area contributed by atoms with E-state index in [4.69, 9.17) is 35.4 Å². The van der Waals surface area contributed by atoms with Gasteiger partial charge >= 0.3 is 0 Å². The fourth-order valence-corrected chi connectivity index (χ4v) is 4.08. The molecule has 0 aliphatic carbocycles. The predicted molar refractivity (Wildman–Crippen MR) is 135 cm³/mol. The van der Waals surface area contributed by atoms with E-state index in [0.29, 0.717) is 59.8 Å². The summed E-state index contributed by atoms with van der Waals surface area (Å²) in [6, 6.07) is 12.1. The third kappa shape index (κ3) is 6.58. The average molecular weight is 493 g/mol. The van der Waals surface area contributed by atoms with E-state index in [9.17, 15) is 9.59 Å². The molecule has 0 spiro atoms. The molecule has 0 bridgehead atoms. The maximum atomic E-state index is 12.5. The van der Waals surface area contributed by atoms with Crippen molar-refractivity contribution in [1.82, 2.24) is 10.2 Å². The molecule has 0 atom stereocenters. The number of carbonyl (C=O) groups excluding carboxylic acids is 2. The molecule has 2 aromatic carbocycles. The van der Waals surface area contributed by atoms with E-state index in [1.807, 2.05) is 30.9 Å². The van der Waals surface area contributed by atoms with Crippen LogP contribution < -0.4 is 15.5 Å². The van der Waals surface area contributed by atoms with Gasteiger partial charge in [0.25, 0.3) is 5.91 Å². The van der Waals surface area contributed by atoms with Gasteiger partial charge in [0, 0.05) is 48.2 Å². The molecule has 2 amide bonds. The number of anilines is 2. The molecule has 1 saturated heterocycles. The second kappa shape index (κ2) is 11.0. The lowest BCUT2D eigenvalue weighted by Crippen LogP contribution is -2.49. The first-order valence-electron chi connectivity index (χ1n) is 10.4. The quantitative estimate of drug-likeness (QED) is 0.586. The summed E-state index contributed by atoms with van der Waals surface area (Å²) in [5.74, 6) is 0.181. The van der Waals surface area contributed by atoms with Crippen LogP contribution in [-0.2, 0) is 4.79 Å². The van der Waals surface area contributed by atoms with E-state index in [-0.39, 0.29) is 16.9 Å². The Balaban J connectivity index is 1.66. The Kier molecular flexibility index (Phi) is 8.34. The van der Waals surface area contributed by atoms with Gasteiger partial charge in [0.2, 0.25) is 5.91 Å². The van der Waals surface area contributed by atoms with Crippen LogP contribution in [0.25, 0.3) is 0 Å². The highest BCUT2D eigenvalue weighted by Gasteiger charge is 2.23. The van der Waals surface area contributed by atoms with Gasteiger partial charge < -0.3 is 15.1 Å². The number of carbonyl (C=O) groups is 2. The van der Waals surface area contributed by atoms with Gasteiger partial charge in [-0.15, -0.1) is 0 Å². The van der Waals surface area contributed by atoms with E-state index in [1.165, 1.54) is 0 Å². The summed E-state index contributed by atoms with van der Waals surface area (Å²) in [7, 11) is 0. The van der Waals surface area contributed by atoms with Gasteiger partial charge in [0.15, 0.2) is 5.11 Å². The Hall–Kier alpha value is -2.35. The summed E-state index contributed by atoms with van der Waals surface area (Å²) < 4.78 is 0. The lowest BCUT2D eigenvalue weighted by molar-refractivity contribution is -0.132. The van der Waals surface area contributed by atoms with Crippen LogP contribution in [0.3, 0.4) is 0 Å². The number of nitrogens with zero attached hydrogens (tertiary/aromatic N) is 2. The number of rotatable bonds is 5. The summed E-state index contributed by atoms with van der Waals surface area (Å²) >= 11 is 17.5. The number of hydrogen-bond donors (Lipinski definition) is 2. The lowest BCUT2D eigenvalue weighted by Gasteiger charge is -2.37. The lowest BCUT2D eigenvalue weighted by atomic mass is 10.1. The summed E-state index contributed by atoms with van der Waals surface area (Å²) in [5.41, 5.74) is 2.01. The largest absolute Gasteiger partial charge is 0.366 e. The maximum Gasteiger partial charge on any atom is 0.257 e. The molecule has 0 aromatic heterocycles. The smallest absolute Gasteiger partial charge is 0.257 e. The maximum absolute atomic E-state index is 12.5. The topological polar surface area (TPSA) is 64.7 Å². The number of benzene rings is 2. The molecule has 0 unspecified atom stereocenters. The zero-order valence-corrected chi connectivity index (χ0v) is 20.4. The third-order valence-electron chi connectivity index (χ3n) is 5.08. The number of amides is 2. The molecule has 2 N–H and O–H groups in total. The molecule has 0 radical (unpaired) electrons. The van der Waals surface area contributed by atoms with Crippen molar-refractivity contribution < 1.29 is 9.59 Å². The Labute approximate surface area is 203 Å². The van der Waals surface area contributed by atoms with Crippen molar-refractivity contribution in [1.29, 1.82) is 0 Å². The van der Waals surface area contributed by atoms with Crippen LogP contribution in [0.1, 0.15) is 30.6 Å². The minimum atomic E-state index is -0.356. The molecule has 9 heteroatoms. The summed E-state index contributed by atoms with van der Waals surface area (Å²) in [4.78, 5) is 28.9. The molecule has 32 heavy (non-hydrogen) atoms. The van der Waals surface area contributed by atoms with Crippen molar-refractivity contribution in [2.75, 3.05) is 36.4 Å². The van der Waals surface area contributed by atoms with Crippen LogP contribution in [0.4, 0.5) is 11.4 Å². The first-order chi connectivity index (χ1) is 15.2. The zero-order chi connectivity index (χ0) is 23.3.